The van der Waals surface area contributed by atoms with Crippen molar-refractivity contribution >= 4 is 5.91 Å². The number of halogens is 4. The summed E-state index contributed by atoms with van der Waals surface area (Å²) in [6.45, 7) is 5.42. The van der Waals surface area contributed by atoms with E-state index in [2.05, 4.69) is 4.90 Å². The number of carbonyl (C=O) groups excluding carboxylic acids is 1. The van der Waals surface area contributed by atoms with Crippen LogP contribution in [0, 0.1) is 0 Å². The predicted octanol–water partition coefficient (Wildman–Crippen LogP) is 2.22. The molecule has 1 fully saturated rings. The molecule has 1 rings (SSSR count). The molecular weight excluding hydrogens is 264 g/mol. The maximum Gasteiger partial charge on any atom is 0.383 e. The number of alkyl halides is 4. The van der Waals surface area contributed by atoms with Crippen LogP contribution in [-0.4, -0.2) is 60.3 Å². The van der Waals surface area contributed by atoms with Gasteiger partial charge in [0.1, 0.15) is 0 Å². The van der Waals surface area contributed by atoms with Gasteiger partial charge in [-0.05, 0) is 26.7 Å². The second-order valence-electron chi connectivity index (χ2n) is 5.20. The van der Waals surface area contributed by atoms with Crippen LogP contribution in [0.1, 0.15) is 26.7 Å². The number of amides is 1. The van der Waals surface area contributed by atoms with Gasteiger partial charge in [-0.2, -0.15) is 8.78 Å². The van der Waals surface area contributed by atoms with E-state index < -0.39 is 24.3 Å². The van der Waals surface area contributed by atoms with Crippen LogP contribution in [-0.2, 0) is 4.79 Å². The van der Waals surface area contributed by atoms with Crippen molar-refractivity contribution in [1.29, 1.82) is 0 Å². The summed E-state index contributed by atoms with van der Waals surface area (Å²) in [6.07, 6.45) is -2.90. The van der Waals surface area contributed by atoms with Crippen molar-refractivity contribution < 1.29 is 22.4 Å². The Morgan fingerprint density at radius 2 is 1.74 bits per heavy atom. The summed E-state index contributed by atoms with van der Waals surface area (Å²) < 4.78 is 50.3. The van der Waals surface area contributed by atoms with Crippen molar-refractivity contribution in [3.05, 3.63) is 0 Å². The van der Waals surface area contributed by atoms with Crippen molar-refractivity contribution in [3.63, 3.8) is 0 Å². The molecule has 1 aliphatic rings. The zero-order valence-corrected chi connectivity index (χ0v) is 11.4. The molecule has 0 bridgehead atoms. The first-order chi connectivity index (χ1) is 8.67. The van der Waals surface area contributed by atoms with Crippen LogP contribution in [0.25, 0.3) is 0 Å². The molecule has 1 saturated heterocycles. The Morgan fingerprint density at radius 1 is 1.26 bits per heavy atom. The second kappa shape index (κ2) is 6.07. The quantitative estimate of drug-likeness (QED) is 0.739. The lowest BCUT2D eigenvalue weighted by Crippen LogP contribution is -2.53. The molecule has 7 heteroatoms. The number of rotatable bonds is 4. The van der Waals surface area contributed by atoms with Crippen LogP contribution in [0.5, 0.6) is 0 Å². The molecule has 1 amide bonds. The summed E-state index contributed by atoms with van der Waals surface area (Å²) in [7, 11) is 1.17. The maximum atomic E-state index is 13.0. The summed E-state index contributed by atoms with van der Waals surface area (Å²) >= 11 is 0. The Hall–Kier alpha value is -0.850. The molecule has 0 aromatic rings. The highest BCUT2D eigenvalue weighted by Crippen LogP contribution is 2.27. The van der Waals surface area contributed by atoms with Gasteiger partial charge in [-0.3, -0.25) is 4.79 Å². The molecule has 0 radical (unpaired) electrons. The standard InChI is InChI=1S/C12H20F4N2O/c1-8(2)18-6-4-9(5-7-18)17(3)11(19)12(15,16)10(13)14/h8-10H,4-7H2,1-3H3. The minimum absolute atomic E-state index is 0.351. The van der Waals surface area contributed by atoms with E-state index in [1.807, 2.05) is 13.8 Å². The van der Waals surface area contributed by atoms with Crippen molar-refractivity contribution in [1.82, 2.24) is 9.80 Å². The molecule has 112 valence electrons. The maximum absolute atomic E-state index is 13.0. The van der Waals surface area contributed by atoms with Gasteiger partial charge in [0.15, 0.2) is 0 Å². The fourth-order valence-corrected chi connectivity index (χ4v) is 2.28. The van der Waals surface area contributed by atoms with Gasteiger partial charge < -0.3 is 9.80 Å². The largest absolute Gasteiger partial charge is 0.383 e. The summed E-state index contributed by atoms with van der Waals surface area (Å²) in [6, 6.07) is -0.0448. The number of hydrogen-bond acceptors (Lipinski definition) is 2. The summed E-state index contributed by atoms with van der Waals surface area (Å²) in [5.41, 5.74) is 0. The Kier molecular flexibility index (Phi) is 5.18. The molecule has 0 unspecified atom stereocenters. The molecule has 3 nitrogen and oxygen atoms in total. The third kappa shape index (κ3) is 3.58. The van der Waals surface area contributed by atoms with Gasteiger partial charge in [0, 0.05) is 32.2 Å². The number of likely N-dealkylation sites (tertiary alicyclic amines) is 1. The minimum Gasteiger partial charge on any atom is -0.337 e. The SMILES string of the molecule is CC(C)N1CCC(N(C)C(=O)C(F)(F)C(F)F)CC1. The van der Waals surface area contributed by atoms with E-state index in [9.17, 15) is 22.4 Å². The molecule has 0 spiro atoms. The van der Waals surface area contributed by atoms with Gasteiger partial charge >= 0.3 is 12.3 Å². The first-order valence-corrected chi connectivity index (χ1v) is 6.35. The zero-order valence-electron chi connectivity index (χ0n) is 11.4. The van der Waals surface area contributed by atoms with E-state index in [0.717, 1.165) is 4.90 Å². The topological polar surface area (TPSA) is 23.6 Å². The lowest BCUT2D eigenvalue weighted by Gasteiger charge is -2.39. The number of hydrogen-bond donors (Lipinski definition) is 0. The summed E-state index contributed by atoms with van der Waals surface area (Å²) in [4.78, 5) is 14.4. The van der Waals surface area contributed by atoms with Crippen LogP contribution < -0.4 is 0 Å². The van der Waals surface area contributed by atoms with Crippen LogP contribution in [0.2, 0.25) is 0 Å². The van der Waals surface area contributed by atoms with Gasteiger partial charge in [0.05, 0.1) is 0 Å². The Bertz CT molecular complexity index is 315. The molecule has 0 atom stereocenters. The number of piperidine rings is 1. The highest BCUT2D eigenvalue weighted by atomic mass is 19.3. The Balaban J connectivity index is 2.60. The number of carbonyl (C=O) groups is 1. The molecule has 0 aliphatic carbocycles. The van der Waals surface area contributed by atoms with Crippen molar-refractivity contribution in [3.8, 4) is 0 Å². The highest BCUT2D eigenvalue weighted by Gasteiger charge is 2.51. The fourth-order valence-electron chi connectivity index (χ4n) is 2.28. The first-order valence-electron chi connectivity index (χ1n) is 6.35. The first kappa shape index (κ1) is 16.2. The molecule has 0 aromatic heterocycles. The van der Waals surface area contributed by atoms with E-state index in [-0.39, 0.29) is 0 Å². The van der Waals surface area contributed by atoms with Crippen LogP contribution >= 0.6 is 0 Å². The van der Waals surface area contributed by atoms with Gasteiger partial charge in [-0.15, -0.1) is 0 Å². The average molecular weight is 284 g/mol. The lowest BCUT2D eigenvalue weighted by atomic mass is 10.0. The van der Waals surface area contributed by atoms with E-state index in [0.29, 0.717) is 32.0 Å². The van der Waals surface area contributed by atoms with Gasteiger partial charge in [-0.1, -0.05) is 0 Å². The molecule has 19 heavy (non-hydrogen) atoms. The van der Waals surface area contributed by atoms with E-state index in [4.69, 9.17) is 0 Å². The normalized spacial score (nSPS) is 19.2. The summed E-state index contributed by atoms with van der Waals surface area (Å²) in [5.74, 6) is -6.38. The smallest absolute Gasteiger partial charge is 0.337 e. The predicted molar refractivity (Wildman–Crippen MR) is 63.5 cm³/mol. The van der Waals surface area contributed by atoms with Crippen LogP contribution in [0.4, 0.5) is 17.6 Å². The third-order valence-corrected chi connectivity index (χ3v) is 3.66. The molecular formula is C12H20F4N2O. The fraction of sp³-hybridized carbons (Fsp3) is 0.917. The second-order valence-corrected chi connectivity index (χ2v) is 5.20. The van der Waals surface area contributed by atoms with E-state index in [1.165, 1.54) is 7.05 Å². The summed E-state index contributed by atoms with van der Waals surface area (Å²) in [5, 5.41) is 0. The molecule has 0 aromatic carbocycles. The van der Waals surface area contributed by atoms with Crippen LogP contribution in [0.3, 0.4) is 0 Å². The van der Waals surface area contributed by atoms with Crippen molar-refractivity contribution in [2.75, 3.05) is 20.1 Å². The minimum atomic E-state index is -4.59. The Morgan fingerprint density at radius 3 is 2.11 bits per heavy atom. The molecule has 1 heterocycles. The molecule has 0 saturated carbocycles. The van der Waals surface area contributed by atoms with Crippen molar-refractivity contribution in [2.45, 2.75) is 51.1 Å². The number of nitrogens with zero attached hydrogens (tertiary/aromatic N) is 2. The lowest BCUT2D eigenvalue weighted by molar-refractivity contribution is -0.182. The third-order valence-electron chi connectivity index (χ3n) is 3.66. The monoisotopic (exact) mass is 284 g/mol. The average Bonchev–Trinajstić information content (AvgIpc) is 2.36. The molecule has 1 aliphatic heterocycles. The van der Waals surface area contributed by atoms with Gasteiger partial charge in [0.2, 0.25) is 0 Å². The Labute approximate surface area is 110 Å². The zero-order chi connectivity index (χ0) is 14.8. The van der Waals surface area contributed by atoms with Crippen molar-refractivity contribution in [2.24, 2.45) is 0 Å². The molecule has 0 N–H and O–H groups in total. The highest BCUT2D eigenvalue weighted by molar-refractivity contribution is 5.84. The van der Waals surface area contributed by atoms with Gasteiger partial charge in [-0.25, -0.2) is 8.78 Å². The van der Waals surface area contributed by atoms with Crippen LogP contribution in [0.15, 0.2) is 0 Å². The van der Waals surface area contributed by atoms with E-state index in [1.54, 1.807) is 0 Å². The van der Waals surface area contributed by atoms with E-state index >= 15 is 0 Å². The van der Waals surface area contributed by atoms with Gasteiger partial charge in [0.25, 0.3) is 5.91 Å².